The Morgan fingerprint density at radius 1 is 1.38 bits per heavy atom. The minimum Gasteiger partial charge on any atom is -0.490 e. The first-order valence-corrected chi connectivity index (χ1v) is 8.48. The topological polar surface area (TPSA) is 45.6 Å². The van der Waals surface area contributed by atoms with Crippen molar-refractivity contribution in [2.75, 3.05) is 25.6 Å². The Morgan fingerprint density at radius 2 is 2.19 bits per heavy atom. The molecule has 0 saturated carbocycles. The standard InChI is InChI=1S/C15H22N2O2S2/c1-11(2)7-17(10-20)8-12(18)9-19-14-4-3-5-15-13(14)6-16-21-15/h3-6,11-12,18,20H,7-10H2,1-2H3. The molecule has 1 unspecified atom stereocenters. The molecule has 2 aromatic rings. The van der Waals surface area contributed by atoms with Crippen LogP contribution in [0.1, 0.15) is 13.8 Å². The Bertz CT molecular complexity index is 559. The molecule has 0 radical (unpaired) electrons. The summed E-state index contributed by atoms with van der Waals surface area (Å²) in [7, 11) is 0. The van der Waals surface area contributed by atoms with Crippen molar-refractivity contribution >= 4 is 34.2 Å². The number of hydrogen-bond acceptors (Lipinski definition) is 6. The number of fused-ring (bicyclic) bond motifs is 1. The summed E-state index contributed by atoms with van der Waals surface area (Å²) >= 11 is 5.76. The van der Waals surface area contributed by atoms with Crippen LogP contribution in [0.3, 0.4) is 0 Å². The van der Waals surface area contributed by atoms with E-state index in [1.807, 2.05) is 18.2 Å². The highest BCUT2D eigenvalue weighted by molar-refractivity contribution is 7.80. The first kappa shape index (κ1) is 16.5. The van der Waals surface area contributed by atoms with Gasteiger partial charge >= 0.3 is 0 Å². The van der Waals surface area contributed by atoms with Crippen molar-refractivity contribution in [2.45, 2.75) is 20.0 Å². The van der Waals surface area contributed by atoms with Crippen LogP contribution >= 0.6 is 24.2 Å². The van der Waals surface area contributed by atoms with Crippen LogP contribution < -0.4 is 4.74 Å². The molecule has 1 aromatic carbocycles. The Hall–Kier alpha value is -0.820. The molecular weight excluding hydrogens is 304 g/mol. The van der Waals surface area contributed by atoms with Crippen molar-refractivity contribution in [3.8, 4) is 5.75 Å². The summed E-state index contributed by atoms with van der Waals surface area (Å²) < 4.78 is 11.0. The van der Waals surface area contributed by atoms with E-state index in [0.717, 1.165) is 22.4 Å². The summed E-state index contributed by atoms with van der Waals surface area (Å²) in [5, 5.41) is 11.1. The third-order valence-corrected chi connectivity index (χ3v) is 4.25. The van der Waals surface area contributed by atoms with E-state index in [0.29, 0.717) is 18.3 Å². The van der Waals surface area contributed by atoms with Crippen LogP contribution in [0.25, 0.3) is 10.1 Å². The molecule has 4 nitrogen and oxygen atoms in total. The summed E-state index contributed by atoms with van der Waals surface area (Å²) in [5.74, 6) is 1.97. The Balaban J connectivity index is 1.88. The minimum atomic E-state index is -0.530. The van der Waals surface area contributed by atoms with E-state index >= 15 is 0 Å². The van der Waals surface area contributed by atoms with Crippen LogP contribution in [0.15, 0.2) is 24.4 Å². The quantitative estimate of drug-likeness (QED) is 0.578. The van der Waals surface area contributed by atoms with Crippen molar-refractivity contribution in [3.63, 3.8) is 0 Å². The fraction of sp³-hybridized carbons (Fsp3) is 0.533. The fourth-order valence-corrected chi connectivity index (χ4v) is 3.13. The second-order valence-corrected chi connectivity index (χ2v) is 6.65. The van der Waals surface area contributed by atoms with Gasteiger partial charge in [-0.05, 0) is 29.6 Å². The highest BCUT2D eigenvalue weighted by atomic mass is 32.1. The number of aromatic nitrogens is 1. The number of hydrogen-bond donors (Lipinski definition) is 2. The Morgan fingerprint density at radius 3 is 2.90 bits per heavy atom. The van der Waals surface area contributed by atoms with Crippen LogP contribution in [-0.4, -0.2) is 46.1 Å². The van der Waals surface area contributed by atoms with E-state index in [-0.39, 0.29) is 6.61 Å². The fourth-order valence-electron chi connectivity index (χ4n) is 2.24. The smallest absolute Gasteiger partial charge is 0.129 e. The molecule has 21 heavy (non-hydrogen) atoms. The predicted molar refractivity (Wildman–Crippen MR) is 91.4 cm³/mol. The van der Waals surface area contributed by atoms with Crippen molar-refractivity contribution < 1.29 is 9.84 Å². The Labute approximate surface area is 135 Å². The number of benzene rings is 1. The lowest BCUT2D eigenvalue weighted by Gasteiger charge is -2.24. The zero-order valence-corrected chi connectivity index (χ0v) is 14.1. The van der Waals surface area contributed by atoms with Gasteiger partial charge < -0.3 is 9.84 Å². The van der Waals surface area contributed by atoms with Crippen LogP contribution in [0.2, 0.25) is 0 Å². The molecular formula is C15H22N2O2S2. The molecule has 0 bridgehead atoms. The van der Waals surface area contributed by atoms with E-state index in [1.165, 1.54) is 11.5 Å². The predicted octanol–water partition coefficient (Wildman–Crippen LogP) is 2.88. The van der Waals surface area contributed by atoms with E-state index in [1.54, 1.807) is 6.20 Å². The monoisotopic (exact) mass is 326 g/mol. The van der Waals surface area contributed by atoms with Gasteiger partial charge in [0.25, 0.3) is 0 Å². The van der Waals surface area contributed by atoms with Crippen molar-refractivity contribution in [1.29, 1.82) is 0 Å². The number of nitrogens with zero attached hydrogens (tertiary/aromatic N) is 2. The molecule has 1 atom stereocenters. The van der Waals surface area contributed by atoms with Crippen LogP contribution in [-0.2, 0) is 0 Å². The number of aliphatic hydroxyl groups excluding tert-OH is 1. The number of thiol groups is 1. The Kier molecular flexibility index (Phi) is 6.29. The molecule has 0 amide bonds. The lowest BCUT2D eigenvalue weighted by atomic mass is 10.2. The molecule has 0 saturated heterocycles. The third kappa shape index (κ3) is 4.85. The molecule has 0 fully saturated rings. The van der Waals surface area contributed by atoms with Crippen LogP contribution in [0.5, 0.6) is 5.75 Å². The van der Waals surface area contributed by atoms with Gasteiger partial charge in [0.05, 0.1) is 16.3 Å². The average molecular weight is 326 g/mol. The minimum absolute atomic E-state index is 0.275. The van der Waals surface area contributed by atoms with Crippen molar-refractivity contribution in [2.24, 2.45) is 5.92 Å². The summed E-state index contributed by atoms with van der Waals surface area (Å²) in [6, 6.07) is 5.87. The SMILES string of the molecule is CC(C)CN(CS)CC(O)COc1cccc2sncc12. The van der Waals surface area contributed by atoms with E-state index < -0.39 is 6.10 Å². The summed E-state index contributed by atoms with van der Waals surface area (Å²) in [6.07, 6.45) is 1.28. The molecule has 2 rings (SSSR count). The van der Waals surface area contributed by atoms with E-state index in [9.17, 15) is 5.11 Å². The van der Waals surface area contributed by atoms with Gasteiger partial charge in [-0.3, -0.25) is 4.90 Å². The molecule has 0 aliphatic heterocycles. The van der Waals surface area contributed by atoms with Gasteiger partial charge in [0.1, 0.15) is 18.5 Å². The van der Waals surface area contributed by atoms with E-state index in [4.69, 9.17) is 4.74 Å². The van der Waals surface area contributed by atoms with Gasteiger partial charge in [-0.2, -0.15) is 17.0 Å². The molecule has 0 aliphatic rings. The van der Waals surface area contributed by atoms with Crippen molar-refractivity contribution in [3.05, 3.63) is 24.4 Å². The summed E-state index contributed by atoms with van der Waals surface area (Å²) in [6.45, 7) is 6.08. The highest BCUT2D eigenvalue weighted by Gasteiger charge is 2.13. The van der Waals surface area contributed by atoms with Gasteiger partial charge in [0, 0.05) is 19.0 Å². The van der Waals surface area contributed by atoms with Gasteiger partial charge in [-0.1, -0.05) is 19.9 Å². The number of rotatable bonds is 8. The first-order chi connectivity index (χ1) is 10.1. The lowest BCUT2D eigenvalue weighted by Crippen LogP contribution is -2.37. The second kappa shape index (κ2) is 7.98. The lowest BCUT2D eigenvalue weighted by molar-refractivity contribution is 0.0719. The molecule has 1 heterocycles. The van der Waals surface area contributed by atoms with Gasteiger partial charge in [0.15, 0.2) is 0 Å². The molecule has 116 valence electrons. The van der Waals surface area contributed by atoms with Crippen LogP contribution in [0.4, 0.5) is 0 Å². The molecule has 1 aromatic heterocycles. The highest BCUT2D eigenvalue weighted by Crippen LogP contribution is 2.27. The maximum Gasteiger partial charge on any atom is 0.129 e. The molecule has 1 N–H and O–H groups in total. The third-order valence-electron chi connectivity index (χ3n) is 3.08. The maximum atomic E-state index is 10.1. The molecule has 6 heteroatoms. The summed E-state index contributed by atoms with van der Waals surface area (Å²) in [5.41, 5.74) is 0. The van der Waals surface area contributed by atoms with Gasteiger partial charge in [0.2, 0.25) is 0 Å². The zero-order chi connectivity index (χ0) is 15.2. The second-order valence-electron chi connectivity index (χ2n) is 5.53. The summed E-state index contributed by atoms with van der Waals surface area (Å²) in [4.78, 5) is 2.12. The molecule has 0 spiro atoms. The zero-order valence-electron chi connectivity index (χ0n) is 12.4. The number of ether oxygens (including phenoxy) is 1. The van der Waals surface area contributed by atoms with Gasteiger partial charge in [-0.15, -0.1) is 0 Å². The largest absolute Gasteiger partial charge is 0.490 e. The van der Waals surface area contributed by atoms with Crippen LogP contribution in [0, 0.1) is 5.92 Å². The number of aliphatic hydroxyl groups is 1. The van der Waals surface area contributed by atoms with E-state index in [2.05, 4.69) is 35.7 Å². The van der Waals surface area contributed by atoms with Gasteiger partial charge in [-0.25, -0.2) is 0 Å². The average Bonchev–Trinajstić information content (AvgIpc) is 2.92. The van der Waals surface area contributed by atoms with Crippen molar-refractivity contribution in [1.82, 2.24) is 9.27 Å². The maximum absolute atomic E-state index is 10.1. The molecule has 0 aliphatic carbocycles. The normalized spacial score (nSPS) is 13.2. The first-order valence-electron chi connectivity index (χ1n) is 7.07.